The van der Waals surface area contributed by atoms with Crippen LogP contribution in [0.2, 0.25) is 0 Å². The van der Waals surface area contributed by atoms with Crippen molar-refractivity contribution < 1.29 is 19.1 Å². The van der Waals surface area contributed by atoms with Gasteiger partial charge < -0.3 is 10.4 Å². The first kappa shape index (κ1) is 17.1. The van der Waals surface area contributed by atoms with Crippen LogP contribution in [0.5, 0.6) is 0 Å². The van der Waals surface area contributed by atoms with Gasteiger partial charge in [0.05, 0.1) is 12.6 Å². The van der Waals surface area contributed by atoms with Crippen LogP contribution in [0.4, 0.5) is 9.18 Å². The van der Waals surface area contributed by atoms with E-state index in [1.807, 2.05) is 19.1 Å². The van der Waals surface area contributed by atoms with Crippen LogP contribution in [0.1, 0.15) is 29.7 Å². The van der Waals surface area contributed by atoms with Crippen molar-refractivity contribution in [3.05, 3.63) is 71.0 Å². The number of β-amino-alcohol motifs (C(OH)–C–C–N with tert-alkyl or cyclic N) is 1. The van der Waals surface area contributed by atoms with Crippen LogP contribution in [-0.2, 0) is 10.3 Å². The van der Waals surface area contributed by atoms with Crippen molar-refractivity contribution >= 4 is 11.9 Å². The predicted octanol–water partition coefficient (Wildman–Crippen LogP) is 2.63. The van der Waals surface area contributed by atoms with E-state index >= 15 is 0 Å². The van der Waals surface area contributed by atoms with Gasteiger partial charge in [0.2, 0.25) is 0 Å². The Morgan fingerprint density at radius 2 is 1.72 bits per heavy atom. The molecule has 1 heterocycles. The molecule has 2 N–H and O–H groups in total. The molecule has 0 radical (unpaired) electrons. The Balaban J connectivity index is 1.81. The van der Waals surface area contributed by atoms with Crippen molar-refractivity contribution in [2.24, 2.45) is 0 Å². The van der Waals surface area contributed by atoms with E-state index in [1.54, 1.807) is 19.1 Å². The zero-order valence-electron chi connectivity index (χ0n) is 14.0. The molecule has 2 atom stereocenters. The second kappa shape index (κ2) is 6.29. The highest BCUT2D eigenvalue weighted by molar-refractivity contribution is 6.07. The molecule has 2 aromatic rings. The molecule has 1 aliphatic heterocycles. The summed E-state index contributed by atoms with van der Waals surface area (Å²) in [5.41, 5.74) is 0.883. The number of nitrogens with one attached hydrogen (secondary N) is 1. The maximum Gasteiger partial charge on any atom is 0.325 e. The molecule has 1 fully saturated rings. The van der Waals surface area contributed by atoms with Gasteiger partial charge >= 0.3 is 6.03 Å². The molecule has 0 bridgehead atoms. The summed E-state index contributed by atoms with van der Waals surface area (Å²) in [6.07, 6.45) is -0.981. The minimum absolute atomic E-state index is 0.148. The minimum Gasteiger partial charge on any atom is -0.387 e. The number of carbonyl (C=O) groups is 2. The fourth-order valence-corrected chi connectivity index (χ4v) is 2.91. The Kier molecular flexibility index (Phi) is 4.30. The number of nitrogens with zero attached hydrogens (tertiary/aromatic N) is 1. The van der Waals surface area contributed by atoms with Gasteiger partial charge in [-0.2, -0.15) is 0 Å². The van der Waals surface area contributed by atoms with Crippen LogP contribution in [0.25, 0.3) is 0 Å². The lowest BCUT2D eigenvalue weighted by molar-refractivity contribution is -0.132. The number of imide groups is 1. The van der Waals surface area contributed by atoms with Crippen LogP contribution in [0.3, 0.4) is 0 Å². The molecule has 3 amide bonds. The maximum atomic E-state index is 13.1. The molecule has 1 saturated heterocycles. The van der Waals surface area contributed by atoms with Crippen molar-refractivity contribution in [2.75, 3.05) is 6.54 Å². The van der Waals surface area contributed by atoms with Crippen molar-refractivity contribution in [1.29, 1.82) is 0 Å². The van der Waals surface area contributed by atoms with Crippen LogP contribution in [0, 0.1) is 12.7 Å². The van der Waals surface area contributed by atoms with Gasteiger partial charge in [0.25, 0.3) is 5.91 Å². The highest BCUT2D eigenvalue weighted by Gasteiger charge is 2.49. The van der Waals surface area contributed by atoms with Crippen LogP contribution < -0.4 is 5.32 Å². The first-order valence-corrected chi connectivity index (χ1v) is 7.96. The summed E-state index contributed by atoms with van der Waals surface area (Å²) >= 11 is 0. The molecule has 25 heavy (non-hydrogen) atoms. The smallest absolute Gasteiger partial charge is 0.325 e. The zero-order valence-corrected chi connectivity index (χ0v) is 14.0. The van der Waals surface area contributed by atoms with E-state index in [0.29, 0.717) is 11.1 Å². The number of hydrogen-bond donors (Lipinski definition) is 2. The van der Waals surface area contributed by atoms with E-state index in [0.717, 1.165) is 10.5 Å². The summed E-state index contributed by atoms with van der Waals surface area (Å²) in [4.78, 5) is 26.0. The fourth-order valence-electron chi connectivity index (χ4n) is 2.91. The molecule has 2 unspecified atom stereocenters. The third kappa shape index (κ3) is 3.13. The van der Waals surface area contributed by atoms with E-state index < -0.39 is 29.4 Å². The van der Waals surface area contributed by atoms with Gasteiger partial charge in [0.15, 0.2) is 0 Å². The van der Waals surface area contributed by atoms with Crippen LogP contribution >= 0.6 is 0 Å². The molecule has 0 aliphatic carbocycles. The number of hydrogen-bond acceptors (Lipinski definition) is 3. The lowest BCUT2D eigenvalue weighted by Crippen LogP contribution is -2.41. The second-order valence-electron chi connectivity index (χ2n) is 6.40. The number of aryl methyl sites for hydroxylation is 1. The molecular weight excluding hydrogens is 323 g/mol. The van der Waals surface area contributed by atoms with Gasteiger partial charge in [-0.05, 0) is 37.1 Å². The van der Waals surface area contributed by atoms with Crippen LogP contribution in [0.15, 0.2) is 48.5 Å². The number of benzene rings is 2. The summed E-state index contributed by atoms with van der Waals surface area (Å²) in [7, 11) is 0. The molecule has 0 spiro atoms. The Morgan fingerprint density at radius 1 is 1.12 bits per heavy atom. The number of urea groups is 1. The van der Waals surface area contributed by atoms with Crippen molar-refractivity contribution in [2.45, 2.75) is 25.5 Å². The van der Waals surface area contributed by atoms with Gasteiger partial charge in [-0.1, -0.05) is 42.0 Å². The SMILES string of the molecule is Cc1ccc(C(O)CN2C(=O)NC(C)(c3ccc(F)cc3)C2=O)cc1. The summed E-state index contributed by atoms with van der Waals surface area (Å²) in [6, 6.07) is 12.1. The molecule has 5 nitrogen and oxygen atoms in total. The van der Waals surface area contributed by atoms with Crippen molar-refractivity contribution in [1.82, 2.24) is 10.2 Å². The standard InChI is InChI=1S/C19H19FN2O3/c1-12-3-5-13(6-4-12)16(23)11-22-17(24)19(2,21-18(22)25)14-7-9-15(20)10-8-14/h3-10,16,23H,11H2,1-2H3,(H,21,25). The molecule has 1 aliphatic rings. The predicted molar refractivity (Wildman–Crippen MR) is 90.1 cm³/mol. The number of aliphatic hydroxyl groups is 1. The maximum absolute atomic E-state index is 13.1. The Labute approximate surface area is 145 Å². The third-order valence-corrected chi connectivity index (χ3v) is 4.51. The number of carbonyl (C=O) groups excluding carboxylic acids is 2. The van der Waals surface area contributed by atoms with E-state index in [9.17, 15) is 19.1 Å². The lowest BCUT2D eigenvalue weighted by atomic mass is 9.92. The summed E-state index contributed by atoms with van der Waals surface area (Å²) < 4.78 is 13.1. The van der Waals surface area contributed by atoms with Gasteiger partial charge in [0, 0.05) is 0 Å². The van der Waals surface area contributed by atoms with Crippen molar-refractivity contribution in [3.8, 4) is 0 Å². The summed E-state index contributed by atoms with van der Waals surface area (Å²) in [5, 5.41) is 13.0. The summed E-state index contributed by atoms with van der Waals surface area (Å²) in [6.45, 7) is 3.35. The first-order chi connectivity index (χ1) is 11.8. The molecule has 2 aromatic carbocycles. The molecular formula is C19H19FN2O3. The molecule has 3 rings (SSSR count). The number of aliphatic hydroxyl groups excluding tert-OH is 1. The first-order valence-electron chi connectivity index (χ1n) is 7.96. The minimum atomic E-state index is -1.28. The Bertz CT molecular complexity index is 804. The van der Waals surface area contributed by atoms with E-state index in [1.165, 1.54) is 24.3 Å². The quantitative estimate of drug-likeness (QED) is 0.839. The molecule has 130 valence electrons. The molecule has 0 saturated carbocycles. The topological polar surface area (TPSA) is 69.6 Å². The summed E-state index contributed by atoms with van der Waals surface area (Å²) in [5.74, 6) is -0.897. The monoisotopic (exact) mass is 342 g/mol. The second-order valence-corrected chi connectivity index (χ2v) is 6.40. The molecule has 6 heteroatoms. The van der Waals surface area contributed by atoms with E-state index in [2.05, 4.69) is 5.32 Å². The zero-order chi connectivity index (χ0) is 18.2. The van der Waals surface area contributed by atoms with E-state index in [-0.39, 0.29) is 6.54 Å². The fraction of sp³-hybridized carbons (Fsp3) is 0.263. The lowest BCUT2D eigenvalue weighted by Gasteiger charge is -2.23. The van der Waals surface area contributed by atoms with Gasteiger partial charge in [-0.15, -0.1) is 0 Å². The largest absolute Gasteiger partial charge is 0.387 e. The highest BCUT2D eigenvalue weighted by atomic mass is 19.1. The average Bonchev–Trinajstić information content (AvgIpc) is 2.80. The van der Waals surface area contributed by atoms with Gasteiger partial charge in [-0.25, -0.2) is 9.18 Å². The number of rotatable bonds is 4. The normalized spacial score (nSPS) is 21.4. The average molecular weight is 342 g/mol. The Morgan fingerprint density at radius 3 is 2.32 bits per heavy atom. The number of amides is 3. The van der Waals surface area contributed by atoms with Gasteiger partial charge in [-0.3, -0.25) is 9.69 Å². The number of halogens is 1. The van der Waals surface area contributed by atoms with Crippen molar-refractivity contribution in [3.63, 3.8) is 0 Å². The van der Waals surface area contributed by atoms with E-state index in [4.69, 9.17) is 0 Å². The Hall–Kier alpha value is -2.73. The van der Waals surface area contributed by atoms with Gasteiger partial charge in [0.1, 0.15) is 11.4 Å². The molecule has 0 aromatic heterocycles. The van der Waals surface area contributed by atoms with Crippen LogP contribution in [-0.4, -0.2) is 28.5 Å². The highest BCUT2D eigenvalue weighted by Crippen LogP contribution is 2.30. The third-order valence-electron chi connectivity index (χ3n) is 4.51.